The van der Waals surface area contributed by atoms with Gasteiger partial charge in [-0.1, -0.05) is 48.0 Å². The number of aliphatic imine (C=N–C) groups is 1. The Kier molecular flexibility index (Phi) is 11.0. The van der Waals surface area contributed by atoms with Gasteiger partial charge in [-0.25, -0.2) is 23.3 Å². The van der Waals surface area contributed by atoms with Crippen molar-refractivity contribution in [1.82, 2.24) is 25.3 Å². The van der Waals surface area contributed by atoms with Crippen molar-refractivity contribution in [3.05, 3.63) is 102 Å². The smallest absolute Gasteiger partial charge is 0.368 e. The Balaban J connectivity index is 1.54. The van der Waals surface area contributed by atoms with E-state index in [1.54, 1.807) is 47.9 Å². The summed E-state index contributed by atoms with van der Waals surface area (Å²) in [5.41, 5.74) is 7.85. The summed E-state index contributed by atoms with van der Waals surface area (Å²) >= 11 is 0. The van der Waals surface area contributed by atoms with E-state index >= 15 is 0 Å². The van der Waals surface area contributed by atoms with Crippen molar-refractivity contribution in [1.29, 1.82) is 0 Å². The molecule has 1 atom stereocenters. The highest BCUT2D eigenvalue weighted by Crippen LogP contribution is 2.33. The first-order valence-corrected chi connectivity index (χ1v) is 15.7. The molecule has 1 heterocycles. The minimum absolute atomic E-state index is 0.0451. The summed E-state index contributed by atoms with van der Waals surface area (Å²) in [5, 5.41) is 15.0. The summed E-state index contributed by atoms with van der Waals surface area (Å²) in [4.78, 5) is 29.5. The SMILES string of the molecule is Cc1ccc(-c2cc(C(F)(F)F)nn2-c2ccc(S(=O)(=O)NC(=O)C(CCCCN=C(N)NO)NC(=O)c3ccccc3)cc2)cc1. The maximum Gasteiger partial charge on any atom is 0.435 e. The number of unbranched alkanes of at least 4 members (excludes halogenated alkanes) is 1. The third-order valence-corrected chi connectivity index (χ3v) is 8.29. The molecule has 2 amide bonds. The normalized spacial score (nSPS) is 12.7. The average molecular weight is 672 g/mol. The lowest BCUT2D eigenvalue weighted by Gasteiger charge is -2.19. The van der Waals surface area contributed by atoms with Crippen molar-refractivity contribution in [3.63, 3.8) is 0 Å². The van der Waals surface area contributed by atoms with Crippen molar-refractivity contribution in [3.8, 4) is 16.9 Å². The molecule has 47 heavy (non-hydrogen) atoms. The van der Waals surface area contributed by atoms with Gasteiger partial charge in [-0.05, 0) is 68.7 Å². The fourth-order valence-corrected chi connectivity index (χ4v) is 5.49. The molecule has 3 aromatic carbocycles. The lowest BCUT2D eigenvalue weighted by molar-refractivity contribution is -0.141. The van der Waals surface area contributed by atoms with Crippen LogP contribution in [0.5, 0.6) is 0 Å². The number of nitrogens with two attached hydrogens (primary N) is 1. The number of hydrogen-bond acceptors (Lipinski definition) is 7. The maximum absolute atomic E-state index is 13.6. The van der Waals surface area contributed by atoms with Crippen molar-refractivity contribution in [2.75, 3.05) is 6.54 Å². The predicted octanol–water partition coefficient (Wildman–Crippen LogP) is 3.93. The Morgan fingerprint density at radius 1 is 1.00 bits per heavy atom. The molecular formula is C31H32F3N7O5S. The van der Waals surface area contributed by atoms with E-state index in [-0.39, 0.29) is 40.8 Å². The molecule has 248 valence electrons. The Hall–Kier alpha value is -5.22. The predicted molar refractivity (Wildman–Crippen MR) is 167 cm³/mol. The van der Waals surface area contributed by atoms with Crippen LogP contribution >= 0.6 is 0 Å². The summed E-state index contributed by atoms with van der Waals surface area (Å²) in [6, 6.07) is 19.3. The molecule has 0 bridgehead atoms. The first-order valence-electron chi connectivity index (χ1n) is 14.3. The van der Waals surface area contributed by atoms with Crippen molar-refractivity contribution in [2.24, 2.45) is 10.7 Å². The molecule has 4 rings (SSSR count). The zero-order valence-electron chi connectivity index (χ0n) is 25.0. The van der Waals surface area contributed by atoms with Crippen LogP contribution in [0.1, 0.15) is 40.9 Å². The third-order valence-electron chi connectivity index (χ3n) is 6.93. The number of aromatic nitrogens is 2. The summed E-state index contributed by atoms with van der Waals surface area (Å²) in [6.07, 6.45) is -3.95. The molecule has 4 aromatic rings. The van der Waals surface area contributed by atoms with Gasteiger partial charge in [-0.2, -0.15) is 18.3 Å². The number of nitrogens with zero attached hydrogens (tertiary/aromatic N) is 3. The molecule has 0 spiro atoms. The van der Waals surface area contributed by atoms with Crippen LogP contribution in [0.4, 0.5) is 13.2 Å². The second kappa shape index (κ2) is 14.9. The lowest BCUT2D eigenvalue weighted by atomic mass is 10.1. The van der Waals surface area contributed by atoms with Gasteiger partial charge >= 0.3 is 6.18 Å². The molecular weight excluding hydrogens is 639 g/mol. The standard InChI is InChI=1S/C31H32F3N7O5S/c1-20-10-12-21(13-11-20)26-19-27(31(32,33)34)38-41(26)23-14-16-24(17-15-23)47(45,46)40-29(43)25(9-5-6-18-36-30(35)39-44)37-28(42)22-7-3-2-4-8-22/h2-4,7-8,10-17,19,25,44H,5-6,9,18H2,1H3,(H,37,42)(H,40,43)(H3,35,36,39). The second-order valence-corrected chi connectivity index (χ2v) is 12.1. The first kappa shape index (κ1) is 34.6. The highest BCUT2D eigenvalue weighted by Gasteiger charge is 2.35. The number of carbonyl (C=O) groups excluding carboxylic acids is 2. The molecule has 1 aromatic heterocycles. The Labute approximate surface area is 268 Å². The number of nitrogens with one attached hydrogen (secondary N) is 3. The van der Waals surface area contributed by atoms with E-state index in [1.165, 1.54) is 24.3 Å². The van der Waals surface area contributed by atoms with Crippen LogP contribution in [-0.2, 0) is 21.0 Å². The fraction of sp³-hybridized carbons (Fsp3) is 0.226. The number of hydrogen-bond donors (Lipinski definition) is 5. The molecule has 0 saturated heterocycles. The minimum atomic E-state index is -4.72. The number of guanidine groups is 1. The number of hydroxylamine groups is 1. The molecule has 12 nitrogen and oxygen atoms in total. The summed E-state index contributed by atoms with van der Waals surface area (Å²) < 4.78 is 70.2. The van der Waals surface area contributed by atoms with E-state index in [4.69, 9.17) is 10.9 Å². The molecule has 0 aliphatic heterocycles. The topological polar surface area (TPSA) is 181 Å². The van der Waals surface area contributed by atoms with Gasteiger partial charge < -0.3 is 11.1 Å². The molecule has 0 aliphatic carbocycles. The summed E-state index contributed by atoms with van der Waals surface area (Å²) in [5.74, 6) is -1.79. The Morgan fingerprint density at radius 2 is 1.66 bits per heavy atom. The quantitative estimate of drug-likeness (QED) is 0.0650. The first-order chi connectivity index (χ1) is 22.3. The number of halogens is 3. The molecule has 0 radical (unpaired) electrons. The van der Waals surface area contributed by atoms with Gasteiger partial charge in [0.1, 0.15) is 6.04 Å². The number of alkyl halides is 3. The van der Waals surface area contributed by atoms with Crippen molar-refractivity contribution in [2.45, 2.75) is 43.3 Å². The van der Waals surface area contributed by atoms with E-state index in [9.17, 15) is 31.2 Å². The van der Waals surface area contributed by atoms with E-state index in [0.29, 0.717) is 18.4 Å². The van der Waals surface area contributed by atoms with Crippen molar-refractivity contribution >= 4 is 27.8 Å². The van der Waals surface area contributed by atoms with E-state index in [2.05, 4.69) is 15.4 Å². The highest BCUT2D eigenvalue weighted by molar-refractivity contribution is 7.90. The van der Waals surface area contributed by atoms with Gasteiger partial charge in [0.05, 0.1) is 16.3 Å². The average Bonchev–Trinajstić information content (AvgIpc) is 3.51. The number of aryl methyl sites for hydroxylation is 1. The molecule has 1 unspecified atom stereocenters. The van der Waals surface area contributed by atoms with Crippen LogP contribution in [0.2, 0.25) is 0 Å². The zero-order valence-corrected chi connectivity index (χ0v) is 25.8. The Bertz CT molecular complexity index is 1830. The van der Waals surface area contributed by atoms with Crippen LogP contribution in [0.3, 0.4) is 0 Å². The monoisotopic (exact) mass is 671 g/mol. The minimum Gasteiger partial charge on any atom is -0.368 e. The van der Waals surface area contributed by atoms with Crippen LogP contribution in [0.15, 0.2) is 94.8 Å². The van der Waals surface area contributed by atoms with E-state index < -0.39 is 39.7 Å². The van der Waals surface area contributed by atoms with Gasteiger partial charge in [0.15, 0.2) is 5.69 Å². The van der Waals surface area contributed by atoms with Crippen molar-refractivity contribution < 1.29 is 36.4 Å². The lowest BCUT2D eigenvalue weighted by Crippen LogP contribution is -2.48. The van der Waals surface area contributed by atoms with Gasteiger partial charge in [0.2, 0.25) is 5.96 Å². The van der Waals surface area contributed by atoms with Crippen LogP contribution < -0.4 is 21.3 Å². The molecule has 0 aliphatic rings. The van der Waals surface area contributed by atoms with Crippen LogP contribution in [0, 0.1) is 6.92 Å². The zero-order chi connectivity index (χ0) is 34.2. The fourth-order valence-electron chi connectivity index (χ4n) is 4.47. The second-order valence-electron chi connectivity index (χ2n) is 10.4. The number of carbonyl (C=O) groups is 2. The van der Waals surface area contributed by atoms with E-state index in [1.807, 2.05) is 11.6 Å². The summed E-state index contributed by atoms with van der Waals surface area (Å²) in [6.45, 7) is 2.03. The van der Waals surface area contributed by atoms with Gasteiger partial charge in [-0.3, -0.25) is 19.8 Å². The molecule has 16 heteroatoms. The van der Waals surface area contributed by atoms with Gasteiger partial charge in [0.25, 0.3) is 21.8 Å². The van der Waals surface area contributed by atoms with Crippen LogP contribution in [-0.4, -0.2) is 53.8 Å². The van der Waals surface area contributed by atoms with Crippen LogP contribution in [0.25, 0.3) is 16.9 Å². The largest absolute Gasteiger partial charge is 0.435 e. The third kappa shape index (κ3) is 9.17. The molecule has 6 N–H and O–H groups in total. The highest BCUT2D eigenvalue weighted by atomic mass is 32.2. The van der Waals surface area contributed by atoms with Gasteiger partial charge in [-0.15, -0.1) is 0 Å². The molecule has 0 fully saturated rings. The summed E-state index contributed by atoms with van der Waals surface area (Å²) in [7, 11) is -4.47. The number of sulfonamides is 1. The molecule has 0 saturated carbocycles. The Morgan fingerprint density at radius 3 is 2.28 bits per heavy atom. The number of rotatable bonds is 12. The van der Waals surface area contributed by atoms with E-state index in [0.717, 1.165) is 28.4 Å². The maximum atomic E-state index is 13.6. The van der Waals surface area contributed by atoms with Gasteiger partial charge in [0, 0.05) is 17.7 Å². The number of amides is 2. The number of benzene rings is 3.